The smallest absolute Gasteiger partial charge is 0.0749 e. The number of allylic oxidation sites excluding steroid dienone is 2. The summed E-state index contributed by atoms with van der Waals surface area (Å²) in [6.07, 6.45) is 18.1. The lowest BCUT2D eigenvalue weighted by Crippen LogP contribution is -2.44. The van der Waals surface area contributed by atoms with Gasteiger partial charge in [0.2, 0.25) is 0 Å². The third-order valence-corrected chi connectivity index (χ3v) is 8.48. The lowest BCUT2D eigenvalue weighted by molar-refractivity contribution is 0.135. The molecule has 4 fully saturated rings. The minimum Gasteiger partial charge on any atom is -0.392 e. The summed E-state index contributed by atoms with van der Waals surface area (Å²) < 4.78 is 0. The first-order valence-corrected chi connectivity index (χ1v) is 12.7. The number of fused-ring (bicyclic) bond motifs is 1. The molecule has 4 aliphatic rings. The van der Waals surface area contributed by atoms with Gasteiger partial charge in [-0.15, -0.1) is 0 Å². The van der Waals surface area contributed by atoms with Gasteiger partial charge in [0, 0.05) is 32.1 Å². The van der Waals surface area contributed by atoms with E-state index in [4.69, 9.17) is 0 Å². The van der Waals surface area contributed by atoms with Crippen LogP contribution >= 0.6 is 0 Å². The Hall–Kier alpha value is -0.680. The van der Waals surface area contributed by atoms with E-state index in [2.05, 4.69) is 29.0 Å². The highest BCUT2D eigenvalue weighted by Gasteiger charge is 2.45. The molecule has 4 nitrogen and oxygen atoms in total. The van der Waals surface area contributed by atoms with Crippen molar-refractivity contribution in [2.24, 2.45) is 23.7 Å². The second-order valence-corrected chi connectivity index (χ2v) is 10.6. The van der Waals surface area contributed by atoms with E-state index in [0.717, 1.165) is 25.7 Å². The zero-order valence-corrected chi connectivity index (χ0v) is 19.1. The van der Waals surface area contributed by atoms with Crippen molar-refractivity contribution < 1.29 is 10.2 Å². The number of piperazine rings is 1. The lowest BCUT2D eigenvalue weighted by Gasteiger charge is -2.32. The largest absolute Gasteiger partial charge is 0.392 e. The van der Waals surface area contributed by atoms with Crippen LogP contribution in [0.1, 0.15) is 64.2 Å². The van der Waals surface area contributed by atoms with Crippen LogP contribution in [0.2, 0.25) is 0 Å². The highest BCUT2D eigenvalue weighted by Crippen LogP contribution is 2.50. The molecule has 0 aromatic heterocycles. The second-order valence-electron chi connectivity index (χ2n) is 10.6. The molecule has 0 spiro atoms. The Morgan fingerprint density at radius 3 is 2.60 bits per heavy atom. The van der Waals surface area contributed by atoms with Crippen molar-refractivity contribution >= 4 is 0 Å². The summed E-state index contributed by atoms with van der Waals surface area (Å²) in [6, 6.07) is 0. The van der Waals surface area contributed by atoms with Gasteiger partial charge in [-0.05, 0) is 82.7 Å². The number of hydrogen-bond donors (Lipinski definition) is 2. The van der Waals surface area contributed by atoms with Crippen LogP contribution in [-0.4, -0.2) is 72.0 Å². The van der Waals surface area contributed by atoms with Gasteiger partial charge in [-0.1, -0.05) is 36.6 Å². The van der Waals surface area contributed by atoms with Gasteiger partial charge in [0.05, 0.1) is 12.2 Å². The lowest BCUT2D eigenvalue weighted by atomic mass is 9.89. The standard InChI is InChI=1S/C26H44N2O2/c1-27-13-15-28(16-14-27)12-6-2-3-7-20-17-22-19-26(30)23(24(22)18-20)10-11-25(29)21-8-4-5-9-21/h7,10-11,21-26,29-30H,2-6,8-9,12-19H2,1H3/t22-,23+,24-,25+,26+/m0/s1. The summed E-state index contributed by atoms with van der Waals surface area (Å²) in [5.41, 5.74) is 1.63. The number of nitrogens with zero attached hydrogens (tertiary/aromatic N) is 2. The van der Waals surface area contributed by atoms with Crippen LogP contribution in [-0.2, 0) is 0 Å². The molecule has 0 amide bonds. The molecule has 4 heteroatoms. The van der Waals surface area contributed by atoms with Gasteiger partial charge in [-0.3, -0.25) is 0 Å². The maximum atomic E-state index is 10.6. The van der Waals surface area contributed by atoms with Crippen LogP contribution in [0.5, 0.6) is 0 Å². The predicted molar refractivity (Wildman–Crippen MR) is 123 cm³/mol. The van der Waals surface area contributed by atoms with Crippen molar-refractivity contribution in [3.8, 4) is 0 Å². The van der Waals surface area contributed by atoms with E-state index in [1.165, 1.54) is 71.2 Å². The van der Waals surface area contributed by atoms with Gasteiger partial charge < -0.3 is 20.0 Å². The number of likely N-dealkylation sites (N-methyl/N-ethyl adjacent to an activating group) is 1. The summed E-state index contributed by atoms with van der Waals surface area (Å²) in [5, 5.41) is 21.1. The summed E-state index contributed by atoms with van der Waals surface area (Å²) >= 11 is 0. The normalized spacial score (nSPS) is 36.3. The molecule has 1 saturated heterocycles. The van der Waals surface area contributed by atoms with Crippen molar-refractivity contribution in [1.29, 1.82) is 0 Å². The minimum absolute atomic E-state index is 0.211. The van der Waals surface area contributed by atoms with E-state index >= 15 is 0 Å². The number of aliphatic hydroxyl groups is 2. The summed E-state index contributed by atoms with van der Waals surface area (Å²) in [4.78, 5) is 5.04. The molecule has 4 rings (SSSR count). The fourth-order valence-corrected chi connectivity index (χ4v) is 6.50. The fraction of sp³-hybridized carbons (Fsp3) is 0.846. The van der Waals surface area contributed by atoms with Gasteiger partial charge in [0.15, 0.2) is 0 Å². The highest BCUT2D eigenvalue weighted by molar-refractivity contribution is 5.18. The Kier molecular flexibility index (Phi) is 8.07. The monoisotopic (exact) mass is 416 g/mol. The van der Waals surface area contributed by atoms with Crippen molar-refractivity contribution in [2.45, 2.75) is 76.4 Å². The fourth-order valence-electron chi connectivity index (χ4n) is 6.50. The topological polar surface area (TPSA) is 46.9 Å². The number of unbranched alkanes of at least 4 members (excludes halogenated alkanes) is 2. The zero-order valence-electron chi connectivity index (χ0n) is 19.1. The quantitative estimate of drug-likeness (QED) is 0.466. The molecule has 3 saturated carbocycles. The molecule has 1 heterocycles. The van der Waals surface area contributed by atoms with Gasteiger partial charge in [0.25, 0.3) is 0 Å². The highest BCUT2D eigenvalue weighted by atomic mass is 16.3. The Morgan fingerprint density at radius 1 is 1.07 bits per heavy atom. The zero-order chi connectivity index (χ0) is 20.9. The first-order chi connectivity index (χ1) is 14.6. The number of hydrogen-bond acceptors (Lipinski definition) is 4. The Morgan fingerprint density at radius 2 is 1.83 bits per heavy atom. The molecule has 5 atom stereocenters. The van der Waals surface area contributed by atoms with E-state index in [9.17, 15) is 10.2 Å². The molecular formula is C26H44N2O2. The molecule has 3 aliphatic carbocycles. The average Bonchev–Trinajstić information content (AvgIpc) is 3.45. The molecule has 0 aromatic carbocycles. The van der Waals surface area contributed by atoms with Gasteiger partial charge >= 0.3 is 0 Å². The summed E-state index contributed by atoms with van der Waals surface area (Å²) in [5.74, 6) is 1.92. The van der Waals surface area contributed by atoms with E-state index in [-0.39, 0.29) is 18.1 Å². The van der Waals surface area contributed by atoms with Crippen LogP contribution in [0.25, 0.3) is 0 Å². The van der Waals surface area contributed by atoms with Crippen LogP contribution in [0.3, 0.4) is 0 Å². The summed E-state index contributed by atoms with van der Waals surface area (Å²) in [6.45, 7) is 6.14. The SMILES string of the molecule is CN1CCN(CCCCC=C2C[C@H]3C[C@@H](O)[C@H](C=C[C@@H](O)C4CCCC4)[C@H]3C2)CC1. The number of rotatable bonds is 8. The molecule has 170 valence electrons. The minimum atomic E-state index is -0.310. The molecule has 2 N–H and O–H groups in total. The van der Waals surface area contributed by atoms with Crippen molar-refractivity contribution in [1.82, 2.24) is 9.80 Å². The second kappa shape index (κ2) is 10.8. The molecule has 1 aliphatic heterocycles. The van der Waals surface area contributed by atoms with Gasteiger partial charge in [-0.2, -0.15) is 0 Å². The van der Waals surface area contributed by atoms with E-state index < -0.39 is 0 Å². The first-order valence-electron chi connectivity index (χ1n) is 12.7. The first kappa shape index (κ1) is 22.5. The van der Waals surface area contributed by atoms with Crippen molar-refractivity contribution in [3.63, 3.8) is 0 Å². The molecular weight excluding hydrogens is 372 g/mol. The molecule has 0 unspecified atom stereocenters. The van der Waals surface area contributed by atoms with Crippen molar-refractivity contribution in [3.05, 3.63) is 23.8 Å². The molecule has 0 aromatic rings. The van der Waals surface area contributed by atoms with Crippen LogP contribution in [0.4, 0.5) is 0 Å². The average molecular weight is 417 g/mol. The molecule has 0 bridgehead atoms. The Labute approximate surface area is 184 Å². The van der Waals surface area contributed by atoms with Crippen LogP contribution in [0.15, 0.2) is 23.8 Å². The van der Waals surface area contributed by atoms with Gasteiger partial charge in [0.1, 0.15) is 0 Å². The van der Waals surface area contributed by atoms with Crippen molar-refractivity contribution in [2.75, 3.05) is 39.8 Å². The van der Waals surface area contributed by atoms with E-state index in [0.29, 0.717) is 17.8 Å². The number of aliphatic hydroxyl groups excluding tert-OH is 2. The van der Waals surface area contributed by atoms with Gasteiger partial charge in [-0.25, -0.2) is 0 Å². The van der Waals surface area contributed by atoms with Crippen LogP contribution < -0.4 is 0 Å². The van der Waals surface area contributed by atoms with E-state index in [1.807, 2.05) is 6.08 Å². The van der Waals surface area contributed by atoms with Crippen LogP contribution in [0, 0.1) is 23.7 Å². The molecule has 0 radical (unpaired) electrons. The summed E-state index contributed by atoms with van der Waals surface area (Å²) in [7, 11) is 2.22. The third-order valence-electron chi connectivity index (χ3n) is 8.48. The third kappa shape index (κ3) is 5.76. The Bertz CT molecular complexity index is 590. The maximum Gasteiger partial charge on any atom is 0.0749 e. The molecule has 30 heavy (non-hydrogen) atoms. The maximum absolute atomic E-state index is 10.6. The Balaban J connectivity index is 1.19. The predicted octanol–water partition coefficient (Wildman–Crippen LogP) is 3.84. The van der Waals surface area contributed by atoms with E-state index in [1.54, 1.807) is 5.57 Å².